The Balaban J connectivity index is 1.41. The first-order valence-electron chi connectivity index (χ1n) is 11.9. The topological polar surface area (TPSA) is 18.8 Å². The molecule has 0 amide bonds. The van der Waals surface area contributed by atoms with E-state index in [1.54, 1.807) is 0 Å². The summed E-state index contributed by atoms with van der Waals surface area (Å²) in [6.07, 6.45) is 12.8. The van der Waals surface area contributed by atoms with Gasteiger partial charge in [-0.3, -0.25) is 0 Å². The van der Waals surface area contributed by atoms with Crippen LogP contribution >= 0.6 is 10.0 Å². The van der Waals surface area contributed by atoms with E-state index in [9.17, 15) is 0 Å². The second-order valence-corrected chi connectivity index (χ2v) is 12.7. The quantitative estimate of drug-likeness (QED) is 0.398. The first-order chi connectivity index (χ1) is 16.7. The molecular formula is C30H29N3S. The fraction of sp³-hybridized carbons (Fsp3) is 0.167. The van der Waals surface area contributed by atoms with Gasteiger partial charge in [-0.15, -0.1) is 0 Å². The van der Waals surface area contributed by atoms with Crippen molar-refractivity contribution in [2.45, 2.75) is 46.1 Å². The maximum absolute atomic E-state index is 5.00. The molecule has 0 saturated carbocycles. The fourth-order valence-electron chi connectivity index (χ4n) is 5.38. The number of hydrogen-bond acceptors (Lipinski definition) is 3. The lowest BCUT2D eigenvalue weighted by atomic mass is 10.1. The van der Waals surface area contributed by atoms with E-state index in [-0.39, 0.29) is 12.3 Å². The summed E-state index contributed by atoms with van der Waals surface area (Å²) in [5.74, 6) is 0. The van der Waals surface area contributed by atoms with Crippen LogP contribution in [0.2, 0.25) is 0 Å². The molecule has 0 radical (unpaired) electrons. The molecule has 0 spiro atoms. The molecule has 3 aliphatic rings. The first-order valence-corrected chi connectivity index (χ1v) is 13.6. The Kier molecular flexibility index (Phi) is 5.19. The third-order valence-corrected chi connectivity index (χ3v) is 11.4. The van der Waals surface area contributed by atoms with Gasteiger partial charge in [0.25, 0.3) is 0 Å². The highest BCUT2D eigenvalue weighted by molar-refractivity contribution is 8.34. The monoisotopic (exact) mass is 463 g/mol. The molecule has 3 aromatic carbocycles. The van der Waals surface area contributed by atoms with Crippen molar-refractivity contribution in [2.24, 2.45) is 4.99 Å². The molecule has 170 valence electrons. The Bertz CT molecular complexity index is 1250. The van der Waals surface area contributed by atoms with Gasteiger partial charge in [0, 0.05) is 18.1 Å². The lowest BCUT2D eigenvalue weighted by Gasteiger charge is -2.45. The summed E-state index contributed by atoms with van der Waals surface area (Å²) in [5, 5.41) is 0.452. The van der Waals surface area contributed by atoms with Crippen LogP contribution in [0.15, 0.2) is 141 Å². The molecule has 4 heteroatoms. The van der Waals surface area contributed by atoms with Crippen LogP contribution in [0.4, 0.5) is 5.69 Å². The van der Waals surface area contributed by atoms with Crippen LogP contribution in [0.5, 0.6) is 0 Å². The zero-order valence-corrected chi connectivity index (χ0v) is 20.3. The number of aliphatic imine (C=N–C) groups is 1. The normalized spacial score (nSPS) is 21.1. The van der Waals surface area contributed by atoms with Gasteiger partial charge in [-0.2, -0.15) is 10.0 Å². The van der Waals surface area contributed by atoms with Gasteiger partial charge in [0.2, 0.25) is 6.29 Å². The Morgan fingerprint density at radius 3 is 1.97 bits per heavy atom. The van der Waals surface area contributed by atoms with E-state index in [2.05, 4.69) is 145 Å². The van der Waals surface area contributed by atoms with Crippen molar-refractivity contribution in [3.63, 3.8) is 0 Å². The van der Waals surface area contributed by atoms with Crippen molar-refractivity contribution in [1.82, 2.24) is 4.90 Å². The summed E-state index contributed by atoms with van der Waals surface area (Å²) in [6.45, 7) is 4.73. The van der Waals surface area contributed by atoms with E-state index in [4.69, 9.17) is 4.99 Å². The van der Waals surface area contributed by atoms with Crippen LogP contribution < -0.4 is 4.90 Å². The second kappa shape index (κ2) is 8.37. The maximum Gasteiger partial charge on any atom is 0.203 e. The molecule has 0 bridgehead atoms. The van der Waals surface area contributed by atoms with Gasteiger partial charge in [-0.05, 0) is 74.5 Å². The zero-order chi connectivity index (χ0) is 23.1. The first kappa shape index (κ1) is 21.1. The highest BCUT2D eigenvalue weighted by Gasteiger charge is 2.39. The average Bonchev–Trinajstić information content (AvgIpc) is 3.46. The van der Waals surface area contributed by atoms with Crippen molar-refractivity contribution in [3.8, 4) is 0 Å². The molecule has 1 aliphatic carbocycles. The summed E-state index contributed by atoms with van der Waals surface area (Å²) < 4.78 is 0. The predicted molar refractivity (Wildman–Crippen MR) is 144 cm³/mol. The number of rotatable bonds is 5. The second-order valence-electron chi connectivity index (χ2n) is 9.07. The third kappa shape index (κ3) is 3.17. The van der Waals surface area contributed by atoms with Gasteiger partial charge >= 0.3 is 0 Å². The number of benzene rings is 3. The van der Waals surface area contributed by atoms with Crippen LogP contribution in [0.25, 0.3) is 0 Å². The van der Waals surface area contributed by atoms with Gasteiger partial charge in [0.15, 0.2) is 0 Å². The van der Waals surface area contributed by atoms with E-state index >= 15 is 0 Å². The molecule has 0 saturated heterocycles. The van der Waals surface area contributed by atoms with Crippen LogP contribution in [-0.4, -0.2) is 28.2 Å². The lowest BCUT2D eigenvalue weighted by molar-refractivity contribution is 0.335. The molecule has 2 aliphatic heterocycles. The van der Waals surface area contributed by atoms with Gasteiger partial charge in [0.1, 0.15) is 0 Å². The summed E-state index contributed by atoms with van der Waals surface area (Å²) in [7, 11) is -1.42. The Labute approximate surface area is 203 Å². The van der Waals surface area contributed by atoms with Crippen molar-refractivity contribution >= 4 is 21.4 Å². The maximum atomic E-state index is 5.00. The summed E-state index contributed by atoms with van der Waals surface area (Å²) in [6, 6.07) is 31.6. The SMILES string of the molecule is CC(C)S(c1ccccc1)(c1ccccc1)c1ccc(N2C=CN3C4C=CC=CC4=NC23)cc1. The highest BCUT2D eigenvalue weighted by Crippen LogP contribution is 2.71. The average molecular weight is 464 g/mol. The molecule has 0 N–H and O–H groups in total. The molecular weight excluding hydrogens is 434 g/mol. The molecule has 0 aromatic heterocycles. The fourth-order valence-corrected chi connectivity index (χ4v) is 9.57. The summed E-state index contributed by atoms with van der Waals surface area (Å²) in [4.78, 5) is 13.8. The molecule has 6 rings (SSSR count). The van der Waals surface area contributed by atoms with E-state index in [0.29, 0.717) is 5.25 Å². The smallest absolute Gasteiger partial charge is 0.203 e. The summed E-state index contributed by atoms with van der Waals surface area (Å²) in [5.41, 5.74) is 2.30. The minimum Gasteiger partial charge on any atom is -0.325 e. The van der Waals surface area contributed by atoms with E-state index in [0.717, 1.165) is 5.71 Å². The number of anilines is 1. The zero-order valence-electron chi connectivity index (χ0n) is 19.5. The predicted octanol–water partition coefficient (Wildman–Crippen LogP) is 7.20. The molecule has 0 fully saturated rings. The van der Waals surface area contributed by atoms with Crippen molar-refractivity contribution in [3.05, 3.63) is 122 Å². The molecule has 2 atom stereocenters. The third-order valence-electron chi connectivity index (χ3n) is 6.92. The van der Waals surface area contributed by atoms with Gasteiger partial charge < -0.3 is 9.80 Å². The Morgan fingerprint density at radius 1 is 0.735 bits per heavy atom. The Morgan fingerprint density at radius 2 is 1.35 bits per heavy atom. The Hall–Kier alpha value is -3.50. The standard InChI is InChI=1S/C30H29N3S/c1-23(2)34(25-11-5-3-6-12-25,26-13-7-4-8-14-26)27-19-17-24(18-20-27)32-21-22-33-29-16-10-9-15-28(29)31-30(32)33/h3-23,29-30H,1-2H3. The van der Waals surface area contributed by atoms with Crippen LogP contribution in [0.1, 0.15) is 13.8 Å². The van der Waals surface area contributed by atoms with Gasteiger partial charge in [0.05, 0.1) is 11.8 Å². The minimum atomic E-state index is -1.42. The molecule has 3 nitrogen and oxygen atoms in total. The molecule has 2 unspecified atom stereocenters. The van der Waals surface area contributed by atoms with E-state index in [1.807, 2.05) is 0 Å². The van der Waals surface area contributed by atoms with E-state index < -0.39 is 10.0 Å². The summed E-state index contributed by atoms with van der Waals surface area (Å²) >= 11 is 0. The number of nitrogens with zero attached hydrogens (tertiary/aromatic N) is 3. The van der Waals surface area contributed by atoms with Gasteiger partial charge in [-0.25, -0.2) is 4.99 Å². The van der Waals surface area contributed by atoms with E-state index in [1.165, 1.54) is 20.4 Å². The largest absolute Gasteiger partial charge is 0.325 e. The minimum absolute atomic E-state index is 0.0105. The molecule has 2 heterocycles. The van der Waals surface area contributed by atoms with Crippen LogP contribution in [0.3, 0.4) is 0 Å². The molecule has 34 heavy (non-hydrogen) atoms. The number of allylic oxidation sites excluding steroid dienone is 2. The van der Waals surface area contributed by atoms with Crippen molar-refractivity contribution in [2.75, 3.05) is 4.90 Å². The van der Waals surface area contributed by atoms with Crippen molar-refractivity contribution in [1.29, 1.82) is 0 Å². The van der Waals surface area contributed by atoms with Crippen molar-refractivity contribution < 1.29 is 0 Å². The molecule has 3 aromatic rings. The lowest BCUT2D eigenvalue weighted by Crippen LogP contribution is -2.38. The highest BCUT2D eigenvalue weighted by atomic mass is 32.3. The number of hydrogen-bond donors (Lipinski definition) is 0. The van der Waals surface area contributed by atoms with Gasteiger partial charge in [-0.1, -0.05) is 68.5 Å². The van der Waals surface area contributed by atoms with Crippen LogP contribution in [-0.2, 0) is 0 Å². The number of fused-ring (bicyclic) bond motifs is 3. The van der Waals surface area contributed by atoms with Crippen LogP contribution in [0, 0.1) is 0 Å².